The van der Waals surface area contributed by atoms with Crippen molar-refractivity contribution >= 4 is 0 Å². The van der Waals surface area contributed by atoms with Gasteiger partial charge in [0.15, 0.2) is 5.82 Å². The number of aryl methyl sites for hydroxylation is 1. The maximum atomic E-state index is 9.25. The number of benzene rings is 1. The van der Waals surface area contributed by atoms with Gasteiger partial charge in [0.05, 0.1) is 5.69 Å². The fourth-order valence-corrected chi connectivity index (χ4v) is 2.35. The standard InChI is InChI=1S/C15H14N4/c1-10-3-2-4-11(7-10)15-18-13-5-6-17-9-12(13)14(8-16)19-15/h2-4,7,17H,5-6,9H2,1H3. The Balaban J connectivity index is 2.16. The molecule has 1 aromatic heterocycles. The fourth-order valence-electron chi connectivity index (χ4n) is 2.35. The maximum Gasteiger partial charge on any atom is 0.160 e. The van der Waals surface area contributed by atoms with Crippen LogP contribution >= 0.6 is 0 Å². The van der Waals surface area contributed by atoms with E-state index in [1.165, 1.54) is 5.56 Å². The summed E-state index contributed by atoms with van der Waals surface area (Å²) in [7, 11) is 0. The molecule has 0 bridgehead atoms. The maximum absolute atomic E-state index is 9.25. The van der Waals surface area contributed by atoms with E-state index >= 15 is 0 Å². The second-order valence-corrected chi connectivity index (χ2v) is 4.73. The van der Waals surface area contributed by atoms with E-state index < -0.39 is 0 Å². The van der Waals surface area contributed by atoms with Crippen LogP contribution in [-0.4, -0.2) is 16.5 Å². The molecule has 19 heavy (non-hydrogen) atoms. The second kappa shape index (κ2) is 4.79. The van der Waals surface area contributed by atoms with Gasteiger partial charge in [-0.05, 0) is 13.0 Å². The molecule has 1 N–H and O–H groups in total. The Morgan fingerprint density at radius 1 is 1.32 bits per heavy atom. The Kier molecular flexibility index (Phi) is 2.98. The van der Waals surface area contributed by atoms with Gasteiger partial charge in [-0.2, -0.15) is 5.26 Å². The van der Waals surface area contributed by atoms with Gasteiger partial charge in [-0.25, -0.2) is 9.97 Å². The van der Waals surface area contributed by atoms with Crippen molar-refractivity contribution in [1.82, 2.24) is 15.3 Å². The van der Waals surface area contributed by atoms with E-state index in [-0.39, 0.29) is 0 Å². The van der Waals surface area contributed by atoms with E-state index in [0.717, 1.165) is 29.8 Å². The third-order valence-electron chi connectivity index (χ3n) is 3.32. The number of hydrogen-bond donors (Lipinski definition) is 1. The molecule has 0 aliphatic carbocycles. The van der Waals surface area contributed by atoms with Gasteiger partial charge < -0.3 is 5.32 Å². The van der Waals surface area contributed by atoms with Crippen molar-refractivity contribution in [2.45, 2.75) is 19.9 Å². The Labute approximate surface area is 112 Å². The molecule has 0 unspecified atom stereocenters. The third-order valence-corrected chi connectivity index (χ3v) is 3.32. The van der Waals surface area contributed by atoms with E-state index in [9.17, 15) is 5.26 Å². The number of rotatable bonds is 1. The summed E-state index contributed by atoms with van der Waals surface area (Å²) >= 11 is 0. The molecule has 1 aromatic carbocycles. The SMILES string of the molecule is Cc1cccc(-c2nc(C#N)c3c(n2)CCNC3)c1. The molecule has 0 radical (unpaired) electrons. The van der Waals surface area contributed by atoms with E-state index in [4.69, 9.17) is 0 Å². The summed E-state index contributed by atoms with van der Waals surface area (Å²) in [5.41, 5.74) is 4.58. The predicted octanol–water partition coefficient (Wildman–Crippen LogP) is 1.97. The van der Waals surface area contributed by atoms with Crippen LogP contribution in [0.25, 0.3) is 11.4 Å². The summed E-state index contributed by atoms with van der Waals surface area (Å²) in [6.45, 7) is 3.63. The largest absolute Gasteiger partial charge is 0.312 e. The normalized spacial score (nSPS) is 13.7. The smallest absolute Gasteiger partial charge is 0.160 e. The van der Waals surface area contributed by atoms with Crippen molar-refractivity contribution in [2.75, 3.05) is 6.54 Å². The molecule has 2 heterocycles. The minimum atomic E-state index is 0.494. The number of nitrogens with one attached hydrogen (secondary N) is 1. The molecule has 0 saturated heterocycles. The average Bonchev–Trinajstić information content (AvgIpc) is 2.46. The van der Waals surface area contributed by atoms with Crippen LogP contribution in [0.4, 0.5) is 0 Å². The van der Waals surface area contributed by atoms with Crippen molar-refractivity contribution in [2.24, 2.45) is 0 Å². The van der Waals surface area contributed by atoms with Crippen LogP contribution in [0.1, 0.15) is 22.5 Å². The molecular weight excluding hydrogens is 236 g/mol. The lowest BCUT2D eigenvalue weighted by Gasteiger charge is -2.17. The molecular formula is C15H14N4. The van der Waals surface area contributed by atoms with Gasteiger partial charge in [0.2, 0.25) is 0 Å². The highest BCUT2D eigenvalue weighted by molar-refractivity contribution is 5.58. The number of nitriles is 1. The molecule has 4 nitrogen and oxygen atoms in total. The van der Waals surface area contributed by atoms with E-state index in [2.05, 4.69) is 21.4 Å². The zero-order chi connectivity index (χ0) is 13.2. The van der Waals surface area contributed by atoms with Crippen LogP contribution in [-0.2, 0) is 13.0 Å². The summed E-state index contributed by atoms with van der Waals surface area (Å²) in [4.78, 5) is 9.03. The van der Waals surface area contributed by atoms with E-state index in [0.29, 0.717) is 18.1 Å². The Bertz CT molecular complexity index is 670. The molecule has 0 fully saturated rings. The molecule has 1 aliphatic rings. The fraction of sp³-hybridized carbons (Fsp3) is 0.267. The van der Waals surface area contributed by atoms with Gasteiger partial charge in [-0.3, -0.25) is 0 Å². The Morgan fingerprint density at radius 2 is 2.21 bits per heavy atom. The Hall–Kier alpha value is -2.25. The number of aromatic nitrogens is 2. The molecule has 0 spiro atoms. The number of fused-ring (bicyclic) bond motifs is 1. The molecule has 0 saturated carbocycles. The van der Waals surface area contributed by atoms with Gasteiger partial charge in [0.25, 0.3) is 0 Å². The lowest BCUT2D eigenvalue weighted by Crippen LogP contribution is -2.26. The average molecular weight is 250 g/mol. The number of hydrogen-bond acceptors (Lipinski definition) is 4. The molecule has 1 aliphatic heterocycles. The third kappa shape index (κ3) is 2.20. The van der Waals surface area contributed by atoms with Crippen molar-refractivity contribution in [3.8, 4) is 17.5 Å². The van der Waals surface area contributed by atoms with Crippen LogP contribution in [0.3, 0.4) is 0 Å². The first-order chi connectivity index (χ1) is 9.28. The van der Waals surface area contributed by atoms with E-state index in [1.54, 1.807) is 0 Å². The summed E-state index contributed by atoms with van der Waals surface area (Å²) in [5, 5.41) is 12.5. The quantitative estimate of drug-likeness (QED) is 0.840. The first-order valence-corrected chi connectivity index (χ1v) is 6.35. The van der Waals surface area contributed by atoms with Crippen molar-refractivity contribution in [3.63, 3.8) is 0 Å². The van der Waals surface area contributed by atoms with Gasteiger partial charge in [-0.1, -0.05) is 23.8 Å². The Morgan fingerprint density at radius 3 is 3.00 bits per heavy atom. The zero-order valence-corrected chi connectivity index (χ0v) is 10.8. The highest BCUT2D eigenvalue weighted by Crippen LogP contribution is 2.21. The topological polar surface area (TPSA) is 61.6 Å². The molecule has 4 heteroatoms. The minimum Gasteiger partial charge on any atom is -0.312 e. The van der Waals surface area contributed by atoms with Gasteiger partial charge in [0.1, 0.15) is 11.8 Å². The first kappa shape index (κ1) is 11.8. The lowest BCUT2D eigenvalue weighted by atomic mass is 10.0. The van der Waals surface area contributed by atoms with E-state index in [1.807, 2.05) is 31.2 Å². The summed E-state index contributed by atoms with van der Waals surface area (Å²) in [6.07, 6.45) is 0.853. The highest BCUT2D eigenvalue weighted by atomic mass is 14.9. The molecule has 2 aromatic rings. The van der Waals surface area contributed by atoms with Crippen LogP contribution in [0.2, 0.25) is 0 Å². The first-order valence-electron chi connectivity index (χ1n) is 6.35. The van der Waals surface area contributed by atoms with Crippen LogP contribution in [0, 0.1) is 18.3 Å². The van der Waals surface area contributed by atoms with Crippen LogP contribution in [0.15, 0.2) is 24.3 Å². The van der Waals surface area contributed by atoms with Gasteiger partial charge in [0, 0.05) is 30.6 Å². The second-order valence-electron chi connectivity index (χ2n) is 4.73. The summed E-state index contributed by atoms with van der Waals surface area (Å²) in [5.74, 6) is 0.654. The molecule has 94 valence electrons. The van der Waals surface area contributed by atoms with Gasteiger partial charge in [-0.15, -0.1) is 0 Å². The van der Waals surface area contributed by atoms with Crippen molar-refractivity contribution < 1.29 is 0 Å². The van der Waals surface area contributed by atoms with Crippen molar-refractivity contribution in [1.29, 1.82) is 5.26 Å². The number of nitrogens with zero attached hydrogens (tertiary/aromatic N) is 3. The molecule has 3 rings (SSSR count). The summed E-state index contributed by atoms with van der Waals surface area (Å²) in [6, 6.07) is 10.2. The highest BCUT2D eigenvalue weighted by Gasteiger charge is 2.17. The van der Waals surface area contributed by atoms with Gasteiger partial charge >= 0.3 is 0 Å². The molecule has 0 atom stereocenters. The minimum absolute atomic E-state index is 0.494. The summed E-state index contributed by atoms with van der Waals surface area (Å²) < 4.78 is 0. The predicted molar refractivity (Wildman–Crippen MR) is 72.3 cm³/mol. The van der Waals surface area contributed by atoms with Crippen LogP contribution in [0.5, 0.6) is 0 Å². The monoisotopic (exact) mass is 250 g/mol. The van der Waals surface area contributed by atoms with Crippen LogP contribution < -0.4 is 5.32 Å². The zero-order valence-electron chi connectivity index (χ0n) is 10.8. The van der Waals surface area contributed by atoms with Crippen molar-refractivity contribution in [3.05, 3.63) is 46.8 Å². The lowest BCUT2D eigenvalue weighted by molar-refractivity contribution is 0.624. The molecule has 0 amide bonds.